The fourth-order valence-corrected chi connectivity index (χ4v) is 2.87. The standard InChI is InChI=1S/C18H36N2O2/c1-6-20-12-9-7-8-11-19(13-10-16(2)3)14-15-22-18(4,5)17(20)21/h16H,6-15H2,1-5H3. The molecule has 0 N–H and O–H groups in total. The highest BCUT2D eigenvalue weighted by Gasteiger charge is 2.32. The van der Waals surface area contributed by atoms with Gasteiger partial charge in [0.15, 0.2) is 0 Å². The number of amides is 1. The van der Waals surface area contributed by atoms with Gasteiger partial charge in [-0.1, -0.05) is 20.3 Å². The van der Waals surface area contributed by atoms with E-state index in [1.54, 1.807) is 0 Å². The van der Waals surface area contributed by atoms with Crippen molar-refractivity contribution >= 4 is 5.91 Å². The number of rotatable bonds is 4. The maximum atomic E-state index is 12.6. The van der Waals surface area contributed by atoms with Crippen LogP contribution in [0, 0.1) is 5.92 Å². The molecule has 0 aliphatic carbocycles. The summed E-state index contributed by atoms with van der Waals surface area (Å²) in [7, 11) is 0. The summed E-state index contributed by atoms with van der Waals surface area (Å²) < 4.78 is 5.95. The van der Waals surface area contributed by atoms with Gasteiger partial charge >= 0.3 is 0 Å². The van der Waals surface area contributed by atoms with Crippen LogP contribution in [0.5, 0.6) is 0 Å². The first kappa shape index (κ1) is 19.4. The second-order valence-corrected chi connectivity index (χ2v) is 7.33. The molecule has 4 heteroatoms. The average molecular weight is 312 g/mol. The van der Waals surface area contributed by atoms with Crippen molar-refractivity contribution in [1.29, 1.82) is 0 Å². The first-order chi connectivity index (χ1) is 10.4. The van der Waals surface area contributed by atoms with E-state index in [-0.39, 0.29) is 5.91 Å². The summed E-state index contributed by atoms with van der Waals surface area (Å²) >= 11 is 0. The SMILES string of the molecule is CCN1CCCCCN(CCC(C)C)CCOC(C)(C)C1=O. The summed E-state index contributed by atoms with van der Waals surface area (Å²) in [4.78, 5) is 17.0. The van der Waals surface area contributed by atoms with E-state index in [0.29, 0.717) is 6.61 Å². The number of carbonyl (C=O) groups is 1. The molecule has 0 saturated carbocycles. The molecule has 1 aliphatic heterocycles. The predicted octanol–water partition coefficient (Wildman–Crippen LogP) is 3.16. The van der Waals surface area contributed by atoms with E-state index in [1.165, 1.54) is 19.3 Å². The molecule has 1 rings (SSSR count). The van der Waals surface area contributed by atoms with Gasteiger partial charge in [-0.3, -0.25) is 4.79 Å². The van der Waals surface area contributed by atoms with Gasteiger partial charge in [0.25, 0.3) is 5.91 Å². The highest BCUT2D eigenvalue weighted by atomic mass is 16.5. The van der Waals surface area contributed by atoms with Gasteiger partial charge < -0.3 is 14.5 Å². The lowest BCUT2D eigenvalue weighted by molar-refractivity contribution is -0.154. The van der Waals surface area contributed by atoms with E-state index in [2.05, 4.69) is 18.7 Å². The van der Waals surface area contributed by atoms with Gasteiger partial charge in [-0.15, -0.1) is 0 Å². The molecule has 0 atom stereocenters. The van der Waals surface area contributed by atoms with Gasteiger partial charge in [0.2, 0.25) is 0 Å². The number of ether oxygens (including phenoxy) is 1. The lowest BCUT2D eigenvalue weighted by atomic mass is 10.1. The van der Waals surface area contributed by atoms with Crippen molar-refractivity contribution in [2.24, 2.45) is 5.92 Å². The van der Waals surface area contributed by atoms with Gasteiger partial charge in [0.1, 0.15) is 5.60 Å². The van der Waals surface area contributed by atoms with E-state index in [0.717, 1.165) is 45.1 Å². The molecule has 0 aromatic carbocycles. The number of likely N-dealkylation sites (N-methyl/N-ethyl adjacent to an activating group) is 1. The van der Waals surface area contributed by atoms with Crippen LogP contribution in [0.15, 0.2) is 0 Å². The van der Waals surface area contributed by atoms with Crippen molar-refractivity contribution in [3.8, 4) is 0 Å². The van der Waals surface area contributed by atoms with Crippen LogP contribution in [0.2, 0.25) is 0 Å². The molecule has 4 nitrogen and oxygen atoms in total. The molecule has 1 amide bonds. The Kier molecular flexibility index (Phi) is 8.40. The van der Waals surface area contributed by atoms with Gasteiger partial charge in [-0.25, -0.2) is 0 Å². The summed E-state index contributed by atoms with van der Waals surface area (Å²) in [5.74, 6) is 0.864. The highest BCUT2D eigenvalue weighted by molar-refractivity contribution is 5.84. The molecule has 0 aromatic heterocycles. The van der Waals surface area contributed by atoms with Crippen molar-refractivity contribution in [1.82, 2.24) is 9.80 Å². The molecular formula is C18H36N2O2. The second-order valence-electron chi connectivity index (χ2n) is 7.33. The topological polar surface area (TPSA) is 32.8 Å². The first-order valence-electron chi connectivity index (χ1n) is 9.02. The van der Waals surface area contributed by atoms with E-state index in [1.807, 2.05) is 25.7 Å². The summed E-state index contributed by atoms with van der Waals surface area (Å²) in [6, 6.07) is 0. The fourth-order valence-electron chi connectivity index (χ4n) is 2.87. The normalized spacial score (nSPS) is 22.5. The van der Waals surface area contributed by atoms with Crippen molar-refractivity contribution in [2.45, 2.75) is 65.9 Å². The number of carbonyl (C=O) groups excluding carboxylic acids is 1. The molecule has 130 valence electrons. The molecule has 1 saturated heterocycles. The summed E-state index contributed by atoms with van der Waals surface area (Å²) in [6.45, 7) is 15.9. The maximum absolute atomic E-state index is 12.6. The molecule has 0 spiro atoms. The molecule has 1 heterocycles. The molecule has 0 radical (unpaired) electrons. The molecule has 1 fully saturated rings. The van der Waals surface area contributed by atoms with Crippen LogP contribution < -0.4 is 0 Å². The number of nitrogens with zero attached hydrogens (tertiary/aromatic N) is 2. The van der Waals surface area contributed by atoms with Crippen molar-refractivity contribution in [3.63, 3.8) is 0 Å². The van der Waals surface area contributed by atoms with Crippen LogP contribution in [0.3, 0.4) is 0 Å². The Morgan fingerprint density at radius 2 is 1.82 bits per heavy atom. The summed E-state index contributed by atoms with van der Waals surface area (Å²) in [5.41, 5.74) is -0.709. The quantitative estimate of drug-likeness (QED) is 0.799. The van der Waals surface area contributed by atoms with Crippen molar-refractivity contribution in [2.75, 3.05) is 39.3 Å². The summed E-state index contributed by atoms with van der Waals surface area (Å²) in [5, 5.41) is 0. The molecule has 0 unspecified atom stereocenters. The lowest BCUT2D eigenvalue weighted by Crippen LogP contribution is -2.48. The predicted molar refractivity (Wildman–Crippen MR) is 92.0 cm³/mol. The Morgan fingerprint density at radius 1 is 1.14 bits per heavy atom. The first-order valence-corrected chi connectivity index (χ1v) is 9.02. The Labute approximate surface area is 137 Å². The van der Waals surface area contributed by atoms with Crippen LogP contribution in [0.4, 0.5) is 0 Å². The van der Waals surface area contributed by atoms with E-state index < -0.39 is 5.60 Å². The largest absolute Gasteiger partial charge is 0.364 e. The van der Waals surface area contributed by atoms with Crippen LogP contribution in [-0.2, 0) is 9.53 Å². The molecule has 22 heavy (non-hydrogen) atoms. The fraction of sp³-hybridized carbons (Fsp3) is 0.944. The van der Waals surface area contributed by atoms with Crippen molar-refractivity contribution in [3.05, 3.63) is 0 Å². The van der Waals surface area contributed by atoms with Gasteiger partial charge in [-0.05, 0) is 59.0 Å². The Balaban J connectivity index is 2.62. The molecule has 0 aromatic rings. The third-order valence-electron chi connectivity index (χ3n) is 4.48. The van der Waals surface area contributed by atoms with E-state index >= 15 is 0 Å². The molecule has 0 bridgehead atoms. The van der Waals surface area contributed by atoms with E-state index in [9.17, 15) is 4.79 Å². The molecular weight excluding hydrogens is 276 g/mol. The Morgan fingerprint density at radius 3 is 2.45 bits per heavy atom. The Bertz CT molecular complexity index is 329. The zero-order valence-corrected chi connectivity index (χ0v) is 15.4. The third kappa shape index (κ3) is 6.66. The highest BCUT2D eigenvalue weighted by Crippen LogP contribution is 2.16. The average Bonchev–Trinajstić information content (AvgIpc) is 2.45. The zero-order valence-electron chi connectivity index (χ0n) is 15.4. The van der Waals surface area contributed by atoms with Crippen LogP contribution >= 0.6 is 0 Å². The van der Waals surface area contributed by atoms with Gasteiger partial charge in [0, 0.05) is 19.6 Å². The molecule has 1 aliphatic rings. The van der Waals surface area contributed by atoms with Gasteiger partial charge in [-0.2, -0.15) is 0 Å². The number of hydrogen-bond donors (Lipinski definition) is 0. The second kappa shape index (κ2) is 9.51. The third-order valence-corrected chi connectivity index (χ3v) is 4.48. The van der Waals surface area contributed by atoms with Crippen molar-refractivity contribution < 1.29 is 9.53 Å². The smallest absolute Gasteiger partial charge is 0.254 e. The monoisotopic (exact) mass is 312 g/mol. The maximum Gasteiger partial charge on any atom is 0.254 e. The minimum Gasteiger partial charge on any atom is -0.364 e. The van der Waals surface area contributed by atoms with Gasteiger partial charge in [0.05, 0.1) is 6.61 Å². The summed E-state index contributed by atoms with van der Waals surface area (Å²) in [6.07, 6.45) is 4.73. The van der Waals surface area contributed by atoms with Crippen LogP contribution in [-0.4, -0.2) is 60.6 Å². The zero-order chi connectivity index (χ0) is 16.6. The van der Waals surface area contributed by atoms with E-state index in [4.69, 9.17) is 4.74 Å². The minimum absolute atomic E-state index is 0.129. The van der Waals surface area contributed by atoms with Crippen LogP contribution in [0.25, 0.3) is 0 Å². The minimum atomic E-state index is -0.709. The number of hydrogen-bond acceptors (Lipinski definition) is 3. The Hall–Kier alpha value is -0.610. The van der Waals surface area contributed by atoms with Crippen LogP contribution in [0.1, 0.15) is 60.3 Å². The lowest BCUT2D eigenvalue weighted by Gasteiger charge is -2.33.